The van der Waals surface area contributed by atoms with Crippen LogP contribution in [0.25, 0.3) is 0 Å². The summed E-state index contributed by atoms with van der Waals surface area (Å²) in [6.07, 6.45) is 0. The lowest BCUT2D eigenvalue weighted by molar-refractivity contribution is 0.479. The maximum atomic E-state index is 5.66. The van der Waals surface area contributed by atoms with Crippen LogP contribution in [0.1, 0.15) is 17.4 Å². The van der Waals surface area contributed by atoms with E-state index >= 15 is 0 Å². The second-order valence-corrected chi connectivity index (χ2v) is 3.90. The molecule has 16 heavy (non-hydrogen) atoms. The first-order valence-corrected chi connectivity index (χ1v) is 5.34. The van der Waals surface area contributed by atoms with E-state index < -0.39 is 0 Å². The zero-order valence-corrected chi connectivity index (χ0v) is 9.95. The third-order valence-electron chi connectivity index (χ3n) is 2.39. The van der Waals surface area contributed by atoms with Crippen molar-refractivity contribution in [1.29, 1.82) is 0 Å². The van der Waals surface area contributed by atoms with Gasteiger partial charge in [0.05, 0.1) is 13.1 Å². The normalized spacial score (nSPS) is 10.9. The van der Waals surface area contributed by atoms with Crippen molar-refractivity contribution >= 4 is 11.6 Å². The Bertz CT molecular complexity index is 477. The second-order valence-electron chi connectivity index (χ2n) is 3.53. The van der Waals surface area contributed by atoms with Gasteiger partial charge in [0, 0.05) is 7.05 Å². The Morgan fingerprint density at radius 3 is 2.75 bits per heavy atom. The summed E-state index contributed by atoms with van der Waals surface area (Å²) in [5, 5.41) is 11.6. The first-order chi connectivity index (χ1) is 7.66. The quantitative estimate of drug-likeness (QED) is 0.883. The summed E-state index contributed by atoms with van der Waals surface area (Å²) in [6.45, 7) is 3.19. The molecule has 0 amide bonds. The monoisotopic (exact) mass is 240 g/mol. The molecule has 0 aliphatic rings. The van der Waals surface area contributed by atoms with E-state index in [0.717, 1.165) is 17.4 Å². The van der Waals surface area contributed by atoms with Crippen LogP contribution in [-0.2, 0) is 20.1 Å². The molecule has 0 fully saturated rings. The minimum atomic E-state index is 0.409. The third kappa shape index (κ3) is 2.43. The van der Waals surface area contributed by atoms with Crippen LogP contribution in [0.15, 0.2) is 16.5 Å². The summed E-state index contributed by atoms with van der Waals surface area (Å²) in [5.74, 6) is 2.61. The Hall–Kier alpha value is -1.33. The lowest BCUT2D eigenvalue weighted by Crippen LogP contribution is -2.15. The predicted molar refractivity (Wildman–Crippen MR) is 60.0 cm³/mol. The Labute approximate surface area is 98.4 Å². The third-order valence-corrected chi connectivity index (χ3v) is 2.60. The zero-order valence-electron chi connectivity index (χ0n) is 9.20. The van der Waals surface area contributed by atoms with Gasteiger partial charge in [-0.1, -0.05) is 0 Å². The molecule has 86 valence electrons. The Morgan fingerprint density at radius 1 is 1.38 bits per heavy atom. The summed E-state index contributed by atoms with van der Waals surface area (Å²) in [7, 11) is 1.94. The number of nitrogens with zero attached hydrogens (tertiary/aromatic N) is 3. The van der Waals surface area contributed by atoms with E-state index in [-0.39, 0.29) is 0 Å². The number of nitrogens with one attached hydrogen (secondary N) is 1. The summed E-state index contributed by atoms with van der Waals surface area (Å²) in [5.41, 5.74) is 0. The number of halogens is 1. The van der Waals surface area contributed by atoms with Crippen molar-refractivity contribution < 1.29 is 4.42 Å². The van der Waals surface area contributed by atoms with E-state index in [1.165, 1.54) is 0 Å². The molecule has 5 nitrogen and oxygen atoms in total. The van der Waals surface area contributed by atoms with Gasteiger partial charge in [-0.3, -0.25) is 0 Å². The molecule has 0 aliphatic carbocycles. The average molecular weight is 241 g/mol. The summed E-state index contributed by atoms with van der Waals surface area (Å²) in [6, 6.07) is 3.57. The molecule has 0 unspecified atom stereocenters. The molecule has 0 saturated carbocycles. The van der Waals surface area contributed by atoms with Gasteiger partial charge < -0.3 is 14.3 Å². The Kier molecular flexibility index (Phi) is 3.26. The highest BCUT2D eigenvalue weighted by Gasteiger charge is 2.04. The van der Waals surface area contributed by atoms with Crippen molar-refractivity contribution in [1.82, 2.24) is 20.1 Å². The van der Waals surface area contributed by atoms with Crippen molar-refractivity contribution in [3.63, 3.8) is 0 Å². The van der Waals surface area contributed by atoms with Gasteiger partial charge in [-0.25, -0.2) is 0 Å². The topological polar surface area (TPSA) is 55.9 Å². The van der Waals surface area contributed by atoms with Gasteiger partial charge in [0.15, 0.2) is 5.22 Å². The van der Waals surface area contributed by atoms with Crippen LogP contribution in [-0.4, -0.2) is 14.8 Å². The first-order valence-electron chi connectivity index (χ1n) is 4.96. The largest absolute Gasteiger partial charge is 0.448 e. The minimum absolute atomic E-state index is 0.409. The molecular formula is C10H13ClN4O. The van der Waals surface area contributed by atoms with Crippen LogP contribution in [0, 0.1) is 6.92 Å². The molecule has 0 radical (unpaired) electrons. The van der Waals surface area contributed by atoms with E-state index in [2.05, 4.69) is 15.5 Å². The molecule has 0 aromatic carbocycles. The second kappa shape index (κ2) is 4.67. The van der Waals surface area contributed by atoms with Gasteiger partial charge in [-0.05, 0) is 30.7 Å². The standard InChI is InChI=1S/C10H13ClN4O/c1-7-13-14-10(15(7)2)6-12-5-8-3-4-9(11)16-8/h3-4,12H,5-6H2,1-2H3. The molecular weight excluding hydrogens is 228 g/mol. The van der Waals surface area contributed by atoms with E-state index in [0.29, 0.717) is 18.3 Å². The molecule has 0 aliphatic heterocycles. The van der Waals surface area contributed by atoms with Gasteiger partial charge >= 0.3 is 0 Å². The highest BCUT2D eigenvalue weighted by atomic mass is 35.5. The Balaban J connectivity index is 1.86. The highest BCUT2D eigenvalue weighted by Crippen LogP contribution is 2.12. The van der Waals surface area contributed by atoms with Gasteiger partial charge in [-0.2, -0.15) is 0 Å². The Morgan fingerprint density at radius 2 is 2.19 bits per heavy atom. The van der Waals surface area contributed by atoms with Crippen LogP contribution >= 0.6 is 11.6 Å². The summed E-state index contributed by atoms with van der Waals surface area (Å²) < 4.78 is 7.16. The van der Waals surface area contributed by atoms with Crippen LogP contribution in [0.3, 0.4) is 0 Å². The molecule has 0 spiro atoms. The van der Waals surface area contributed by atoms with Gasteiger partial charge in [0.2, 0.25) is 0 Å². The maximum Gasteiger partial charge on any atom is 0.193 e. The molecule has 0 bridgehead atoms. The lowest BCUT2D eigenvalue weighted by atomic mass is 10.4. The van der Waals surface area contributed by atoms with E-state index in [1.54, 1.807) is 6.07 Å². The molecule has 2 heterocycles. The zero-order chi connectivity index (χ0) is 11.5. The van der Waals surface area contributed by atoms with Crippen LogP contribution in [0.2, 0.25) is 5.22 Å². The van der Waals surface area contributed by atoms with E-state index in [1.807, 2.05) is 24.6 Å². The molecule has 2 aromatic heterocycles. The number of aromatic nitrogens is 3. The van der Waals surface area contributed by atoms with Crippen molar-refractivity contribution in [2.45, 2.75) is 20.0 Å². The van der Waals surface area contributed by atoms with Crippen molar-refractivity contribution in [2.24, 2.45) is 7.05 Å². The van der Waals surface area contributed by atoms with Crippen molar-refractivity contribution in [3.05, 3.63) is 34.8 Å². The molecule has 0 atom stereocenters. The number of hydrogen-bond donors (Lipinski definition) is 1. The lowest BCUT2D eigenvalue weighted by Gasteiger charge is -2.02. The van der Waals surface area contributed by atoms with Crippen LogP contribution in [0.4, 0.5) is 0 Å². The maximum absolute atomic E-state index is 5.66. The van der Waals surface area contributed by atoms with Crippen molar-refractivity contribution in [3.8, 4) is 0 Å². The smallest absolute Gasteiger partial charge is 0.193 e. The minimum Gasteiger partial charge on any atom is -0.448 e. The number of aryl methyl sites for hydroxylation is 1. The SMILES string of the molecule is Cc1nnc(CNCc2ccc(Cl)o2)n1C. The molecule has 6 heteroatoms. The summed E-state index contributed by atoms with van der Waals surface area (Å²) in [4.78, 5) is 0. The fraction of sp³-hybridized carbons (Fsp3) is 0.400. The number of hydrogen-bond acceptors (Lipinski definition) is 4. The summed E-state index contributed by atoms with van der Waals surface area (Å²) >= 11 is 5.66. The van der Waals surface area contributed by atoms with Gasteiger partial charge in [0.1, 0.15) is 17.4 Å². The van der Waals surface area contributed by atoms with Crippen LogP contribution < -0.4 is 5.32 Å². The highest BCUT2D eigenvalue weighted by molar-refractivity contribution is 6.28. The predicted octanol–water partition coefficient (Wildman–Crippen LogP) is 1.66. The van der Waals surface area contributed by atoms with E-state index in [4.69, 9.17) is 16.0 Å². The molecule has 1 N–H and O–H groups in total. The fourth-order valence-electron chi connectivity index (χ4n) is 1.35. The fourth-order valence-corrected chi connectivity index (χ4v) is 1.51. The van der Waals surface area contributed by atoms with Gasteiger partial charge in [-0.15, -0.1) is 10.2 Å². The molecule has 2 aromatic rings. The molecule has 0 saturated heterocycles. The number of rotatable bonds is 4. The van der Waals surface area contributed by atoms with Gasteiger partial charge in [0.25, 0.3) is 0 Å². The number of furan rings is 1. The first kappa shape index (κ1) is 11.2. The van der Waals surface area contributed by atoms with Crippen molar-refractivity contribution in [2.75, 3.05) is 0 Å². The molecule has 2 rings (SSSR count). The average Bonchev–Trinajstić information content (AvgIpc) is 2.79. The van der Waals surface area contributed by atoms with Crippen LogP contribution in [0.5, 0.6) is 0 Å². The van der Waals surface area contributed by atoms with E-state index in [9.17, 15) is 0 Å².